The Balaban J connectivity index is 1.64. The molecule has 1 heterocycles. The molecule has 0 radical (unpaired) electrons. The SMILES string of the molecule is CC(=O)Nc1ccc(SNCCCN2CCN(C)CC2)cc1C. The molecule has 23 heavy (non-hydrogen) atoms. The van der Waals surface area contributed by atoms with Gasteiger partial charge in [-0.05, 0) is 62.6 Å². The number of nitrogens with zero attached hydrogens (tertiary/aromatic N) is 2. The Hall–Kier alpha value is -1.08. The molecule has 1 aromatic rings. The van der Waals surface area contributed by atoms with Gasteiger partial charge in [-0.15, -0.1) is 0 Å². The summed E-state index contributed by atoms with van der Waals surface area (Å²) in [7, 11) is 2.19. The van der Waals surface area contributed by atoms with Crippen LogP contribution in [0.2, 0.25) is 0 Å². The van der Waals surface area contributed by atoms with Crippen LogP contribution in [0.3, 0.4) is 0 Å². The molecule has 1 fully saturated rings. The first-order valence-electron chi connectivity index (χ1n) is 8.23. The van der Waals surface area contributed by atoms with Crippen LogP contribution >= 0.6 is 11.9 Å². The van der Waals surface area contributed by atoms with Crippen molar-refractivity contribution >= 4 is 23.5 Å². The molecular weight excluding hydrogens is 308 g/mol. The van der Waals surface area contributed by atoms with Crippen molar-refractivity contribution < 1.29 is 4.79 Å². The second-order valence-corrected chi connectivity index (χ2v) is 7.12. The second kappa shape index (κ2) is 9.27. The van der Waals surface area contributed by atoms with Crippen LogP contribution in [0.1, 0.15) is 18.9 Å². The van der Waals surface area contributed by atoms with Crippen LogP contribution in [0.25, 0.3) is 0 Å². The third-order valence-electron chi connectivity index (χ3n) is 4.05. The van der Waals surface area contributed by atoms with Crippen LogP contribution in [-0.4, -0.2) is 62.0 Å². The molecule has 1 amide bonds. The Morgan fingerprint density at radius 3 is 2.65 bits per heavy atom. The molecule has 0 unspecified atom stereocenters. The highest BCUT2D eigenvalue weighted by molar-refractivity contribution is 7.97. The second-order valence-electron chi connectivity index (χ2n) is 6.15. The minimum Gasteiger partial charge on any atom is -0.326 e. The van der Waals surface area contributed by atoms with E-state index in [-0.39, 0.29) is 5.91 Å². The summed E-state index contributed by atoms with van der Waals surface area (Å²) in [5.41, 5.74) is 1.97. The molecule has 0 aliphatic carbocycles. The number of hydrogen-bond acceptors (Lipinski definition) is 5. The summed E-state index contributed by atoms with van der Waals surface area (Å²) >= 11 is 1.66. The fourth-order valence-electron chi connectivity index (χ4n) is 2.61. The quantitative estimate of drug-likeness (QED) is 0.590. The van der Waals surface area contributed by atoms with Crippen LogP contribution in [0.15, 0.2) is 23.1 Å². The fraction of sp³-hybridized carbons (Fsp3) is 0.588. The number of amides is 1. The maximum absolute atomic E-state index is 11.1. The Morgan fingerprint density at radius 1 is 1.26 bits per heavy atom. The summed E-state index contributed by atoms with van der Waals surface area (Å²) in [5, 5.41) is 2.84. The first-order chi connectivity index (χ1) is 11.0. The van der Waals surface area contributed by atoms with Gasteiger partial charge in [0.2, 0.25) is 5.91 Å². The van der Waals surface area contributed by atoms with E-state index in [1.165, 1.54) is 51.0 Å². The van der Waals surface area contributed by atoms with E-state index in [1.807, 2.05) is 19.1 Å². The first-order valence-corrected chi connectivity index (χ1v) is 9.05. The van der Waals surface area contributed by atoms with Gasteiger partial charge in [0.1, 0.15) is 0 Å². The van der Waals surface area contributed by atoms with Gasteiger partial charge in [0.25, 0.3) is 0 Å². The largest absolute Gasteiger partial charge is 0.326 e. The van der Waals surface area contributed by atoms with E-state index in [0.717, 1.165) is 17.8 Å². The van der Waals surface area contributed by atoms with E-state index in [2.05, 4.69) is 33.0 Å². The van der Waals surface area contributed by atoms with Gasteiger partial charge in [-0.1, -0.05) is 0 Å². The number of rotatable bonds is 7. The lowest BCUT2D eigenvalue weighted by molar-refractivity contribution is -0.114. The van der Waals surface area contributed by atoms with Gasteiger partial charge in [-0.3, -0.25) is 9.52 Å². The molecule has 1 aliphatic rings. The van der Waals surface area contributed by atoms with E-state index < -0.39 is 0 Å². The topological polar surface area (TPSA) is 47.6 Å². The minimum atomic E-state index is -0.0319. The van der Waals surface area contributed by atoms with Gasteiger partial charge < -0.3 is 15.1 Å². The van der Waals surface area contributed by atoms with Gasteiger partial charge in [-0.25, -0.2) is 0 Å². The zero-order chi connectivity index (χ0) is 16.7. The molecule has 2 N–H and O–H groups in total. The Morgan fingerprint density at radius 2 is 2.00 bits per heavy atom. The number of likely N-dealkylation sites (N-methyl/N-ethyl adjacent to an activating group) is 1. The highest BCUT2D eigenvalue weighted by atomic mass is 32.2. The van der Waals surface area contributed by atoms with Crippen LogP contribution in [-0.2, 0) is 4.79 Å². The summed E-state index contributed by atoms with van der Waals surface area (Å²) in [5.74, 6) is -0.0319. The monoisotopic (exact) mass is 336 g/mol. The molecule has 1 saturated heterocycles. The van der Waals surface area contributed by atoms with Gasteiger partial charge in [0.05, 0.1) is 0 Å². The average Bonchev–Trinajstić information content (AvgIpc) is 2.51. The smallest absolute Gasteiger partial charge is 0.221 e. The van der Waals surface area contributed by atoms with Crippen molar-refractivity contribution in [3.8, 4) is 0 Å². The Labute approximate surface area is 143 Å². The number of carbonyl (C=O) groups is 1. The van der Waals surface area contributed by atoms with Crippen molar-refractivity contribution in [1.29, 1.82) is 0 Å². The number of piperazine rings is 1. The number of nitrogens with one attached hydrogen (secondary N) is 2. The van der Waals surface area contributed by atoms with Gasteiger partial charge in [0.15, 0.2) is 0 Å². The lowest BCUT2D eigenvalue weighted by atomic mass is 10.2. The minimum absolute atomic E-state index is 0.0319. The van der Waals surface area contributed by atoms with Crippen molar-refractivity contribution in [2.24, 2.45) is 0 Å². The van der Waals surface area contributed by atoms with Crippen molar-refractivity contribution in [3.05, 3.63) is 23.8 Å². The lowest BCUT2D eigenvalue weighted by Crippen LogP contribution is -2.44. The third kappa shape index (κ3) is 6.51. The van der Waals surface area contributed by atoms with E-state index in [9.17, 15) is 4.79 Å². The summed E-state index contributed by atoms with van der Waals surface area (Å²) in [4.78, 5) is 17.2. The summed E-state index contributed by atoms with van der Waals surface area (Å²) < 4.78 is 3.43. The van der Waals surface area contributed by atoms with E-state index in [4.69, 9.17) is 0 Å². The van der Waals surface area contributed by atoms with Crippen molar-refractivity contribution in [2.75, 3.05) is 51.6 Å². The number of anilines is 1. The molecule has 0 spiro atoms. The molecule has 0 bridgehead atoms. The van der Waals surface area contributed by atoms with Crippen LogP contribution in [0, 0.1) is 6.92 Å². The molecule has 0 saturated carbocycles. The molecule has 128 valence electrons. The van der Waals surface area contributed by atoms with Gasteiger partial charge >= 0.3 is 0 Å². The number of carbonyl (C=O) groups excluding carboxylic acids is 1. The fourth-order valence-corrected chi connectivity index (χ4v) is 3.40. The van der Waals surface area contributed by atoms with Crippen LogP contribution in [0.5, 0.6) is 0 Å². The molecule has 1 aromatic carbocycles. The normalized spacial score (nSPS) is 16.5. The highest BCUT2D eigenvalue weighted by Crippen LogP contribution is 2.22. The van der Waals surface area contributed by atoms with E-state index in [1.54, 1.807) is 11.9 Å². The van der Waals surface area contributed by atoms with Crippen molar-refractivity contribution in [1.82, 2.24) is 14.5 Å². The maximum Gasteiger partial charge on any atom is 0.221 e. The summed E-state index contributed by atoms with van der Waals surface area (Å²) in [6.45, 7) is 10.5. The first kappa shape index (κ1) is 18.3. The molecule has 0 aromatic heterocycles. The molecule has 2 rings (SSSR count). The van der Waals surface area contributed by atoms with Gasteiger partial charge in [0, 0.05) is 50.2 Å². The number of hydrogen-bond donors (Lipinski definition) is 2. The summed E-state index contributed by atoms with van der Waals surface area (Å²) in [6, 6.07) is 6.10. The molecule has 5 nitrogen and oxygen atoms in total. The van der Waals surface area contributed by atoms with Gasteiger partial charge in [-0.2, -0.15) is 0 Å². The third-order valence-corrected chi connectivity index (χ3v) is 4.89. The molecule has 1 aliphatic heterocycles. The standard InChI is InChI=1S/C17H28N4OS/c1-14-13-16(5-6-17(14)19-15(2)22)23-18-7-4-8-21-11-9-20(3)10-12-21/h5-6,13,18H,4,7-12H2,1-3H3,(H,19,22). The molecular formula is C17H28N4OS. The van der Waals surface area contributed by atoms with Crippen molar-refractivity contribution in [3.63, 3.8) is 0 Å². The zero-order valence-corrected chi connectivity index (χ0v) is 15.2. The molecule has 0 atom stereocenters. The average molecular weight is 337 g/mol. The Bertz CT molecular complexity index is 515. The lowest BCUT2D eigenvalue weighted by Gasteiger charge is -2.32. The predicted octanol–water partition coefficient (Wildman–Crippen LogP) is 2.19. The van der Waals surface area contributed by atoms with Crippen molar-refractivity contribution in [2.45, 2.75) is 25.2 Å². The number of benzene rings is 1. The van der Waals surface area contributed by atoms with E-state index >= 15 is 0 Å². The number of aryl methyl sites for hydroxylation is 1. The van der Waals surface area contributed by atoms with Crippen LogP contribution in [0.4, 0.5) is 5.69 Å². The van der Waals surface area contributed by atoms with Crippen LogP contribution < -0.4 is 10.0 Å². The van der Waals surface area contributed by atoms with E-state index in [0.29, 0.717) is 0 Å². The maximum atomic E-state index is 11.1. The molecule has 6 heteroatoms. The Kier molecular flexibility index (Phi) is 7.36. The predicted molar refractivity (Wildman–Crippen MR) is 97.9 cm³/mol. The highest BCUT2D eigenvalue weighted by Gasteiger charge is 2.12. The summed E-state index contributed by atoms with van der Waals surface area (Å²) in [6.07, 6.45) is 1.17. The zero-order valence-electron chi connectivity index (χ0n) is 14.4.